The highest BCUT2D eigenvalue weighted by atomic mass is 16.5. The van der Waals surface area contributed by atoms with Crippen molar-refractivity contribution in [2.75, 3.05) is 13.7 Å². The largest absolute Gasteiger partial charge is 0.462 e. The van der Waals surface area contributed by atoms with Crippen LogP contribution in [0, 0.1) is 6.92 Å². The number of esters is 2. The summed E-state index contributed by atoms with van der Waals surface area (Å²) >= 11 is 0. The first-order valence-electron chi connectivity index (χ1n) is 9.78. The molecule has 1 aromatic carbocycles. The summed E-state index contributed by atoms with van der Waals surface area (Å²) in [5.41, 5.74) is 4.51. The zero-order valence-corrected chi connectivity index (χ0v) is 18.0. The summed E-state index contributed by atoms with van der Waals surface area (Å²) < 4.78 is 11.0. The van der Waals surface area contributed by atoms with Gasteiger partial charge in [0.05, 0.1) is 29.8 Å². The van der Waals surface area contributed by atoms with Gasteiger partial charge in [0.1, 0.15) is 0 Å². The molecular formula is C23H31NO4. The van der Waals surface area contributed by atoms with Gasteiger partial charge in [-0.3, -0.25) is 0 Å². The fourth-order valence-electron chi connectivity index (χ4n) is 3.35. The van der Waals surface area contributed by atoms with Gasteiger partial charge in [0.2, 0.25) is 0 Å². The number of benzene rings is 1. The van der Waals surface area contributed by atoms with Gasteiger partial charge in [-0.2, -0.15) is 0 Å². The van der Waals surface area contributed by atoms with Gasteiger partial charge < -0.3 is 14.4 Å². The van der Waals surface area contributed by atoms with E-state index in [1.807, 2.05) is 77.8 Å². The van der Waals surface area contributed by atoms with E-state index in [9.17, 15) is 9.59 Å². The first-order chi connectivity index (χ1) is 13.2. The van der Waals surface area contributed by atoms with E-state index in [0.717, 1.165) is 28.9 Å². The number of hydrogen-bond donors (Lipinski definition) is 0. The minimum Gasteiger partial charge on any atom is -0.462 e. The molecule has 0 saturated carbocycles. The first kappa shape index (κ1) is 21.7. The van der Waals surface area contributed by atoms with Crippen LogP contribution < -0.4 is 0 Å². The number of hydrogen-bond acceptors (Lipinski definition) is 5. The fourth-order valence-corrected chi connectivity index (χ4v) is 3.35. The Morgan fingerprint density at radius 3 is 2.04 bits per heavy atom. The molecule has 0 aliphatic carbocycles. The third kappa shape index (κ3) is 4.46. The van der Waals surface area contributed by atoms with E-state index in [0.29, 0.717) is 17.8 Å². The molecule has 0 amide bonds. The summed E-state index contributed by atoms with van der Waals surface area (Å²) in [5.74, 6) is -1.32. The van der Waals surface area contributed by atoms with Gasteiger partial charge in [0, 0.05) is 18.4 Å². The molecule has 0 spiro atoms. The highest BCUT2D eigenvalue weighted by Crippen LogP contribution is 2.42. The Hall–Kier alpha value is -2.56. The van der Waals surface area contributed by atoms with Crippen LogP contribution in [-0.4, -0.2) is 36.6 Å². The van der Waals surface area contributed by atoms with E-state index < -0.39 is 11.9 Å². The second kappa shape index (κ2) is 9.09. The monoisotopic (exact) mass is 385 g/mol. The zero-order chi connectivity index (χ0) is 21.0. The van der Waals surface area contributed by atoms with E-state index in [1.165, 1.54) is 0 Å². The Labute approximate surface area is 168 Å². The molecule has 0 saturated heterocycles. The molecule has 1 aromatic rings. The fraction of sp³-hybridized carbons (Fsp3) is 0.478. The van der Waals surface area contributed by atoms with Crippen molar-refractivity contribution in [2.24, 2.45) is 0 Å². The molecule has 0 N–H and O–H groups in total. The van der Waals surface area contributed by atoms with Crippen LogP contribution in [0.5, 0.6) is 0 Å². The average Bonchev–Trinajstić information content (AvgIpc) is 2.64. The molecule has 5 nitrogen and oxygen atoms in total. The van der Waals surface area contributed by atoms with Gasteiger partial charge in [0.25, 0.3) is 0 Å². The molecule has 1 unspecified atom stereocenters. The smallest absolute Gasteiger partial charge is 0.337 e. The van der Waals surface area contributed by atoms with Gasteiger partial charge in [-0.1, -0.05) is 36.8 Å². The minimum absolute atomic E-state index is 0.251. The second-order valence-corrected chi connectivity index (χ2v) is 7.49. The van der Waals surface area contributed by atoms with Gasteiger partial charge in [-0.15, -0.1) is 0 Å². The zero-order valence-electron chi connectivity index (χ0n) is 18.0. The van der Waals surface area contributed by atoms with Crippen molar-refractivity contribution in [3.05, 3.63) is 57.9 Å². The molecule has 28 heavy (non-hydrogen) atoms. The van der Waals surface area contributed by atoms with E-state index >= 15 is 0 Å². The lowest BCUT2D eigenvalue weighted by molar-refractivity contribution is -0.143. The lowest BCUT2D eigenvalue weighted by Crippen LogP contribution is -2.34. The summed E-state index contributed by atoms with van der Waals surface area (Å²) in [6, 6.07) is 7.89. The van der Waals surface area contributed by atoms with Crippen molar-refractivity contribution >= 4 is 11.9 Å². The van der Waals surface area contributed by atoms with Gasteiger partial charge in [-0.25, -0.2) is 9.59 Å². The summed E-state index contributed by atoms with van der Waals surface area (Å²) in [7, 11) is 1.85. The Morgan fingerprint density at radius 2 is 1.54 bits per heavy atom. The number of rotatable bonds is 6. The van der Waals surface area contributed by atoms with Crippen molar-refractivity contribution in [3.63, 3.8) is 0 Å². The predicted octanol–water partition coefficient (Wildman–Crippen LogP) is 4.48. The molecule has 1 aliphatic rings. The summed E-state index contributed by atoms with van der Waals surface area (Å²) in [5, 5.41) is 0. The lowest BCUT2D eigenvalue weighted by Gasteiger charge is -2.36. The van der Waals surface area contributed by atoms with Crippen LogP contribution >= 0.6 is 0 Å². The van der Waals surface area contributed by atoms with Crippen LogP contribution in [0.25, 0.3) is 0 Å². The molecular weight excluding hydrogens is 354 g/mol. The highest BCUT2D eigenvalue weighted by Gasteiger charge is 2.39. The molecule has 5 heteroatoms. The van der Waals surface area contributed by atoms with E-state index in [1.54, 1.807) is 0 Å². The van der Waals surface area contributed by atoms with Crippen LogP contribution in [0.15, 0.2) is 46.8 Å². The van der Waals surface area contributed by atoms with Crippen LogP contribution in [0.3, 0.4) is 0 Å². The lowest BCUT2D eigenvalue weighted by atomic mass is 9.79. The molecule has 0 fully saturated rings. The maximum atomic E-state index is 13.0. The van der Waals surface area contributed by atoms with Crippen LogP contribution in [-0.2, 0) is 19.1 Å². The Bertz CT molecular complexity index is 802. The van der Waals surface area contributed by atoms with Crippen LogP contribution in [0.4, 0.5) is 0 Å². The van der Waals surface area contributed by atoms with Crippen molar-refractivity contribution < 1.29 is 19.1 Å². The predicted molar refractivity (Wildman–Crippen MR) is 110 cm³/mol. The summed E-state index contributed by atoms with van der Waals surface area (Å²) in [6.07, 6.45) is 0.486. The Balaban J connectivity index is 2.65. The molecule has 152 valence electrons. The topological polar surface area (TPSA) is 55.8 Å². The van der Waals surface area contributed by atoms with E-state index in [2.05, 4.69) is 0 Å². The minimum atomic E-state index is -0.521. The third-order valence-electron chi connectivity index (χ3n) is 4.99. The molecule has 0 aromatic heterocycles. The van der Waals surface area contributed by atoms with Crippen LogP contribution in [0.1, 0.15) is 58.1 Å². The average molecular weight is 386 g/mol. The molecule has 0 radical (unpaired) electrons. The normalized spacial score (nSPS) is 17.3. The standard InChI is InChI=1S/C23H31NO4/c1-8-13-27-22(25)19-16(5)24(7)17(6)20(23(26)28-14(2)3)21(19)18-11-9-15(4)10-12-18/h9-12,14,21H,8,13H2,1-7H3. The van der Waals surface area contributed by atoms with Crippen molar-refractivity contribution in [2.45, 2.75) is 60.0 Å². The molecule has 2 rings (SSSR count). The van der Waals surface area contributed by atoms with Gasteiger partial charge in [-0.05, 0) is 46.6 Å². The number of allylic oxidation sites excluding steroid dienone is 2. The number of ether oxygens (including phenoxy) is 2. The SMILES string of the molecule is CCCOC(=O)C1=C(C)N(C)C(C)=C(C(=O)OC(C)C)C1c1ccc(C)cc1. The van der Waals surface area contributed by atoms with Crippen molar-refractivity contribution in [1.29, 1.82) is 0 Å². The highest BCUT2D eigenvalue weighted by molar-refractivity contribution is 5.99. The number of nitrogens with zero attached hydrogens (tertiary/aromatic N) is 1. The van der Waals surface area contributed by atoms with Crippen molar-refractivity contribution in [1.82, 2.24) is 4.90 Å². The molecule has 1 aliphatic heterocycles. The summed E-state index contributed by atoms with van der Waals surface area (Å²) in [4.78, 5) is 27.9. The van der Waals surface area contributed by atoms with Gasteiger partial charge in [0.15, 0.2) is 0 Å². The third-order valence-corrected chi connectivity index (χ3v) is 4.99. The van der Waals surface area contributed by atoms with Gasteiger partial charge >= 0.3 is 11.9 Å². The number of aryl methyl sites for hydroxylation is 1. The molecule has 1 heterocycles. The Kier molecular flexibility index (Phi) is 7.05. The van der Waals surface area contributed by atoms with E-state index in [4.69, 9.17) is 9.47 Å². The maximum Gasteiger partial charge on any atom is 0.337 e. The summed E-state index contributed by atoms with van der Waals surface area (Å²) in [6.45, 7) is 11.7. The number of carbonyl (C=O) groups excluding carboxylic acids is 2. The quantitative estimate of drug-likeness (QED) is 0.676. The van der Waals surface area contributed by atoms with Crippen molar-refractivity contribution in [3.8, 4) is 0 Å². The molecule has 0 bridgehead atoms. The van der Waals surface area contributed by atoms with Crippen LogP contribution in [0.2, 0.25) is 0 Å². The van der Waals surface area contributed by atoms with E-state index in [-0.39, 0.29) is 12.1 Å². The number of carbonyl (C=O) groups is 2. The molecule has 1 atom stereocenters. The second-order valence-electron chi connectivity index (χ2n) is 7.49. The maximum absolute atomic E-state index is 13.0. The Morgan fingerprint density at radius 1 is 1.00 bits per heavy atom. The first-order valence-corrected chi connectivity index (χ1v) is 9.78.